The molecule has 0 aromatic carbocycles. The van der Waals surface area contributed by atoms with E-state index in [1.807, 2.05) is 6.07 Å². The van der Waals surface area contributed by atoms with Gasteiger partial charge in [0.1, 0.15) is 0 Å². The summed E-state index contributed by atoms with van der Waals surface area (Å²) in [6, 6.07) is 1.96. The zero-order valence-electron chi connectivity index (χ0n) is 4.36. The smallest absolute Gasteiger partial charge is 0.0625 e. The summed E-state index contributed by atoms with van der Waals surface area (Å²) in [5, 5.41) is 14.8. The number of nitriles is 1. The average Bonchev–Trinajstić information content (AvgIpc) is 1.61. The van der Waals surface area contributed by atoms with E-state index in [1.165, 1.54) is 0 Å². The fourth-order valence-electron chi connectivity index (χ4n) is 0.243. The highest BCUT2D eigenvalue weighted by Gasteiger charge is 1.83. The Hall–Kier alpha value is -0.840. The van der Waals surface area contributed by atoms with Crippen LogP contribution in [0.3, 0.4) is 0 Å². The summed E-state index contributed by atoms with van der Waals surface area (Å²) in [7, 11) is 0. The first-order valence-corrected chi connectivity index (χ1v) is 2.18. The van der Waals surface area contributed by atoms with Crippen LogP contribution in [-0.4, -0.2) is 5.71 Å². The molecule has 38 valence electrons. The standard InChI is InChI=1S/C5H8N2/c1-5(7)3-2-4-6/h7H,2-3H2,1H3. The predicted octanol–water partition coefficient (Wildman–Crippen LogP) is 1.33. The first kappa shape index (κ1) is 6.16. The second kappa shape index (κ2) is 3.35. The summed E-state index contributed by atoms with van der Waals surface area (Å²) in [4.78, 5) is 0. The van der Waals surface area contributed by atoms with Gasteiger partial charge >= 0.3 is 0 Å². The molecular weight excluding hydrogens is 88.1 g/mol. The average molecular weight is 96.1 g/mol. The maximum Gasteiger partial charge on any atom is 0.0625 e. The van der Waals surface area contributed by atoms with Crippen LogP contribution in [-0.2, 0) is 0 Å². The molecule has 0 amide bonds. The van der Waals surface area contributed by atoms with Gasteiger partial charge in [0.25, 0.3) is 0 Å². The normalized spacial score (nSPS) is 7.43. The van der Waals surface area contributed by atoms with Crippen molar-refractivity contribution >= 4 is 5.71 Å². The minimum absolute atomic E-state index is 0.481. The van der Waals surface area contributed by atoms with Gasteiger partial charge in [0.15, 0.2) is 0 Å². The molecule has 0 radical (unpaired) electrons. The van der Waals surface area contributed by atoms with E-state index in [4.69, 9.17) is 10.7 Å². The van der Waals surface area contributed by atoms with E-state index in [-0.39, 0.29) is 0 Å². The molecule has 0 aromatic rings. The van der Waals surface area contributed by atoms with Gasteiger partial charge in [0, 0.05) is 12.1 Å². The lowest BCUT2D eigenvalue weighted by atomic mass is 10.2. The van der Waals surface area contributed by atoms with Gasteiger partial charge in [-0.2, -0.15) is 5.26 Å². The summed E-state index contributed by atoms with van der Waals surface area (Å²) in [5.74, 6) is 0. The Kier molecular flexibility index (Phi) is 2.95. The third kappa shape index (κ3) is 5.16. The van der Waals surface area contributed by atoms with E-state index in [1.54, 1.807) is 6.92 Å². The molecule has 0 unspecified atom stereocenters. The summed E-state index contributed by atoms with van der Waals surface area (Å²) in [6.07, 6.45) is 1.10. The highest BCUT2D eigenvalue weighted by molar-refractivity contribution is 5.78. The van der Waals surface area contributed by atoms with Crippen LogP contribution < -0.4 is 0 Å². The van der Waals surface area contributed by atoms with Gasteiger partial charge in [0.05, 0.1) is 6.07 Å². The first-order chi connectivity index (χ1) is 3.27. The van der Waals surface area contributed by atoms with Crippen LogP contribution in [0.25, 0.3) is 0 Å². The van der Waals surface area contributed by atoms with Crippen molar-refractivity contribution in [2.45, 2.75) is 19.8 Å². The van der Waals surface area contributed by atoms with Gasteiger partial charge < -0.3 is 5.41 Å². The van der Waals surface area contributed by atoms with Gasteiger partial charge in [-0.25, -0.2) is 0 Å². The van der Waals surface area contributed by atoms with Crippen molar-refractivity contribution in [1.29, 1.82) is 10.7 Å². The van der Waals surface area contributed by atoms with E-state index in [0.29, 0.717) is 18.6 Å². The minimum Gasteiger partial charge on any atom is -0.310 e. The van der Waals surface area contributed by atoms with E-state index in [2.05, 4.69) is 0 Å². The maximum atomic E-state index is 7.97. The molecule has 2 heteroatoms. The lowest BCUT2D eigenvalue weighted by Gasteiger charge is -1.83. The van der Waals surface area contributed by atoms with E-state index in [9.17, 15) is 0 Å². The summed E-state index contributed by atoms with van der Waals surface area (Å²) >= 11 is 0. The molecule has 0 heterocycles. The highest BCUT2D eigenvalue weighted by Crippen LogP contribution is 1.85. The second-order valence-electron chi connectivity index (χ2n) is 1.44. The Bertz CT molecular complexity index is 99.1. The van der Waals surface area contributed by atoms with Crippen molar-refractivity contribution < 1.29 is 0 Å². The van der Waals surface area contributed by atoms with Crippen LogP contribution in [0.15, 0.2) is 0 Å². The van der Waals surface area contributed by atoms with Crippen LogP contribution in [0.4, 0.5) is 0 Å². The van der Waals surface area contributed by atoms with Crippen molar-refractivity contribution in [1.82, 2.24) is 0 Å². The number of hydrogen-bond donors (Lipinski definition) is 1. The SMILES string of the molecule is CC(=N)CCC#N. The number of nitrogens with one attached hydrogen (secondary N) is 1. The Morgan fingerprint density at radius 2 is 2.43 bits per heavy atom. The summed E-state index contributed by atoms with van der Waals surface area (Å²) in [5.41, 5.74) is 0.585. The minimum atomic E-state index is 0.481. The third-order valence-electron chi connectivity index (χ3n) is 0.612. The molecule has 0 bridgehead atoms. The Labute approximate surface area is 43.3 Å². The van der Waals surface area contributed by atoms with Crippen LogP contribution in [0.2, 0.25) is 0 Å². The van der Waals surface area contributed by atoms with Crippen LogP contribution in [0, 0.1) is 16.7 Å². The number of nitrogens with zero attached hydrogens (tertiary/aromatic N) is 1. The van der Waals surface area contributed by atoms with Gasteiger partial charge in [-0.1, -0.05) is 0 Å². The Morgan fingerprint density at radius 1 is 1.86 bits per heavy atom. The second-order valence-corrected chi connectivity index (χ2v) is 1.44. The molecule has 2 nitrogen and oxygen atoms in total. The Balaban J connectivity index is 3.02. The largest absolute Gasteiger partial charge is 0.310 e. The molecule has 0 saturated heterocycles. The van der Waals surface area contributed by atoms with Crippen LogP contribution in [0.1, 0.15) is 19.8 Å². The lowest BCUT2D eigenvalue weighted by Crippen LogP contribution is -1.84. The summed E-state index contributed by atoms with van der Waals surface area (Å²) in [6.45, 7) is 1.71. The number of rotatable bonds is 2. The highest BCUT2D eigenvalue weighted by atomic mass is 14.4. The monoisotopic (exact) mass is 96.1 g/mol. The topological polar surface area (TPSA) is 47.6 Å². The quantitative estimate of drug-likeness (QED) is 0.518. The van der Waals surface area contributed by atoms with E-state index < -0.39 is 0 Å². The van der Waals surface area contributed by atoms with Crippen molar-refractivity contribution in [3.05, 3.63) is 0 Å². The molecule has 0 saturated carbocycles. The van der Waals surface area contributed by atoms with E-state index >= 15 is 0 Å². The maximum absolute atomic E-state index is 7.97. The molecular formula is C5H8N2. The molecule has 0 aromatic heterocycles. The van der Waals surface area contributed by atoms with Crippen molar-refractivity contribution in [3.8, 4) is 6.07 Å². The molecule has 0 aliphatic heterocycles. The van der Waals surface area contributed by atoms with Crippen LogP contribution >= 0.6 is 0 Å². The van der Waals surface area contributed by atoms with E-state index in [0.717, 1.165) is 0 Å². The zero-order valence-corrected chi connectivity index (χ0v) is 4.36. The molecule has 0 aliphatic rings. The van der Waals surface area contributed by atoms with Gasteiger partial charge in [-0.3, -0.25) is 0 Å². The first-order valence-electron chi connectivity index (χ1n) is 2.18. The van der Waals surface area contributed by atoms with Gasteiger partial charge in [-0.05, 0) is 13.3 Å². The molecule has 0 aliphatic carbocycles. The lowest BCUT2D eigenvalue weighted by molar-refractivity contribution is 1.08. The van der Waals surface area contributed by atoms with Crippen molar-refractivity contribution in [3.63, 3.8) is 0 Å². The fourth-order valence-corrected chi connectivity index (χ4v) is 0.243. The molecule has 0 atom stereocenters. The molecule has 7 heavy (non-hydrogen) atoms. The van der Waals surface area contributed by atoms with Crippen molar-refractivity contribution in [2.75, 3.05) is 0 Å². The Morgan fingerprint density at radius 3 is 2.57 bits per heavy atom. The summed E-state index contributed by atoms with van der Waals surface area (Å²) < 4.78 is 0. The molecule has 1 N–H and O–H groups in total. The van der Waals surface area contributed by atoms with Crippen LogP contribution in [0.5, 0.6) is 0 Å². The predicted molar refractivity (Wildman–Crippen MR) is 28.2 cm³/mol. The third-order valence-corrected chi connectivity index (χ3v) is 0.612. The molecule has 0 fully saturated rings. The van der Waals surface area contributed by atoms with Gasteiger partial charge in [0.2, 0.25) is 0 Å². The number of hydrogen-bond acceptors (Lipinski definition) is 2. The van der Waals surface area contributed by atoms with Gasteiger partial charge in [-0.15, -0.1) is 0 Å². The zero-order chi connectivity index (χ0) is 5.70. The van der Waals surface area contributed by atoms with Crippen molar-refractivity contribution in [2.24, 2.45) is 0 Å². The molecule has 0 rings (SSSR count). The fraction of sp³-hybridized carbons (Fsp3) is 0.600. The molecule has 0 spiro atoms.